The Balaban J connectivity index is 1.93. The Morgan fingerprint density at radius 2 is 2.26 bits per heavy atom. The molecule has 0 aliphatic carbocycles. The molecule has 1 saturated heterocycles. The van der Waals surface area contributed by atoms with E-state index in [2.05, 4.69) is 54.1 Å². The molecule has 1 fully saturated rings. The Kier molecular flexibility index (Phi) is 5.00. The summed E-state index contributed by atoms with van der Waals surface area (Å²) in [4.78, 5) is 6.28. The quantitative estimate of drug-likeness (QED) is 0.849. The van der Waals surface area contributed by atoms with Gasteiger partial charge in [-0.1, -0.05) is 18.8 Å². The number of nitrogens with zero attached hydrogens (tertiary/aromatic N) is 2. The molecule has 2 rings (SSSR count). The smallest absolute Gasteiger partial charge is 0.0555 e. The van der Waals surface area contributed by atoms with Gasteiger partial charge in [-0.15, -0.1) is 11.3 Å². The lowest BCUT2D eigenvalue weighted by Crippen LogP contribution is -2.34. The lowest BCUT2D eigenvalue weighted by atomic mass is 10.1. The van der Waals surface area contributed by atoms with Crippen molar-refractivity contribution in [1.29, 1.82) is 0 Å². The van der Waals surface area contributed by atoms with Crippen molar-refractivity contribution >= 4 is 11.3 Å². The van der Waals surface area contributed by atoms with E-state index in [-0.39, 0.29) is 0 Å². The summed E-state index contributed by atoms with van der Waals surface area (Å²) in [5.74, 6) is 6.74. The number of hydrogen-bond acceptors (Lipinski definition) is 4. The van der Waals surface area contributed by atoms with E-state index in [0.29, 0.717) is 12.6 Å². The highest BCUT2D eigenvalue weighted by molar-refractivity contribution is 7.10. The highest BCUT2D eigenvalue weighted by atomic mass is 32.1. The maximum Gasteiger partial charge on any atom is 0.0555 e. The number of likely N-dealkylation sites (N-methyl/N-ethyl adjacent to an activating group) is 1. The molecule has 4 heteroatoms. The maximum atomic E-state index is 5.39. The third-order valence-corrected chi connectivity index (χ3v) is 4.60. The lowest BCUT2D eigenvalue weighted by molar-refractivity contribution is 0.251. The zero-order valence-electron chi connectivity index (χ0n) is 12.0. The molecule has 1 aliphatic heterocycles. The van der Waals surface area contributed by atoms with Crippen LogP contribution in [-0.2, 0) is 6.54 Å². The Hall–Kier alpha value is -0.860. The van der Waals surface area contributed by atoms with Crippen LogP contribution in [0.2, 0.25) is 0 Å². The van der Waals surface area contributed by atoms with Crippen molar-refractivity contribution in [2.45, 2.75) is 19.5 Å². The Bertz CT molecular complexity index is 469. The fourth-order valence-electron chi connectivity index (χ4n) is 2.75. The first kappa shape index (κ1) is 14.5. The molecule has 1 aliphatic rings. The SMILES string of the molecule is CC1CN(Cc2cc(C#CCN)cs2)CC1N(C)C. The largest absolute Gasteiger partial charge is 0.320 e. The van der Waals surface area contributed by atoms with Crippen LogP contribution in [0, 0.1) is 17.8 Å². The summed E-state index contributed by atoms with van der Waals surface area (Å²) >= 11 is 1.80. The number of nitrogens with two attached hydrogens (primary N) is 1. The van der Waals surface area contributed by atoms with Crippen LogP contribution < -0.4 is 5.73 Å². The lowest BCUT2D eigenvalue weighted by Gasteiger charge is -2.22. The number of likely N-dealkylation sites (tertiary alicyclic amines) is 1. The standard InChI is InChI=1S/C15H23N3S/c1-12-8-18(10-15(12)17(2)3)9-14-7-13(11-19-14)5-4-6-16/h7,11-12,15H,6,8-10,16H2,1-3H3. The average molecular weight is 277 g/mol. The summed E-state index contributed by atoms with van der Waals surface area (Å²) < 4.78 is 0. The van der Waals surface area contributed by atoms with Gasteiger partial charge in [0.15, 0.2) is 0 Å². The molecular weight excluding hydrogens is 254 g/mol. The van der Waals surface area contributed by atoms with E-state index in [4.69, 9.17) is 5.73 Å². The molecule has 3 nitrogen and oxygen atoms in total. The monoisotopic (exact) mass is 277 g/mol. The van der Waals surface area contributed by atoms with Crippen LogP contribution in [0.3, 0.4) is 0 Å². The van der Waals surface area contributed by atoms with Crippen LogP contribution in [0.1, 0.15) is 17.4 Å². The second-order valence-electron chi connectivity index (χ2n) is 5.51. The number of hydrogen-bond donors (Lipinski definition) is 1. The number of thiophene rings is 1. The first-order valence-electron chi connectivity index (χ1n) is 6.75. The molecule has 1 aromatic rings. The van der Waals surface area contributed by atoms with Crippen LogP contribution in [0.4, 0.5) is 0 Å². The summed E-state index contributed by atoms with van der Waals surface area (Å²) in [6.07, 6.45) is 0. The molecule has 2 unspecified atom stereocenters. The second-order valence-corrected chi connectivity index (χ2v) is 6.51. The van der Waals surface area contributed by atoms with E-state index in [1.54, 1.807) is 11.3 Å². The van der Waals surface area contributed by atoms with Gasteiger partial charge in [-0.05, 0) is 26.1 Å². The maximum absolute atomic E-state index is 5.39. The van der Waals surface area contributed by atoms with Gasteiger partial charge in [-0.2, -0.15) is 0 Å². The highest BCUT2D eigenvalue weighted by Gasteiger charge is 2.30. The van der Waals surface area contributed by atoms with Gasteiger partial charge in [0.1, 0.15) is 0 Å². The molecule has 0 radical (unpaired) electrons. The second kappa shape index (κ2) is 6.53. The molecule has 2 atom stereocenters. The molecule has 19 heavy (non-hydrogen) atoms. The minimum Gasteiger partial charge on any atom is -0.320 e. The van der Waals surface area contributed by atoms with Crippen LogP contribution in [-0.4, -0.2) is 49.6 Å². The third-order valence-electron chi connectivity index (χ3n) is 3.68. The van der Waals surface area contributed by atoms with Crippen molar-refractivity contribution in [2.24, 2.45) is 11.7 Å². The molecule has 2 N–H and O–H groups in total. The van der Waals surface area contributed by atoms with Crippen molar-refractivity contribution < 1.29 is 0 Å². The van der Waals surface area contributed by atoms with Gasteiger partial charge in [-0.3, -0.25) is 4.90 Å². The van der Waals surface area contributed by atoms with Gasteiger partial charge < -0.3 is 10.6 Å². The highest BCUT2D eigenvalue weighted by Crippen LogP contribution is 2.24. The predicted octanol–water partition coefficient (Wildman–Crippen LogP) is 1.44. The predicted molar refractivity (Wildman–Crippen MR) is 82.2 cm³/mol. The van der Waals surface area contributed by atoms with Gasteiger partial charge in [0.05, 0.1) is 6.54 Å². The zero-order chi connectivity index (χ0) is 13.8. The van der Waals surface area contributed by atoms with Crippen LogP contribution in [0.5, 0.6) is 0 Å². The van der Waals surface area contributed by atoms with Crippen molar-refractivity contribution in [3.05, 3.63) is 21.9 Å². The van der Waals surface area contributed by atoms with E-state index in [1.807, 2.05) is 0 Å². The summed E-state index contributed by atoms with van der Waals surface area (Å²) in [5, 5.41) is 2.13. The van der Waals surface area contributed by atoms with E-state index < -0.39 is 0 Å². The molecule has 104 valence electrons. The van der Waals surface area contributed by atoms with E-state index in [1.165, 1.54) is 11.4 Å². The Labute approximate surface area is 120 Å². The minimum atomic E-state index is 0.430. The van der Waals surface area contributed by atoms with Crippen molar-refractivity contribution in [3.8, 4) is 11.8 Å². The minimum absolute atomic E-state index is 0.430. The summed E-state index contributed by atoms with van der Waals surface area (Å²) in [5.41, 5.74) is 6.49. The average Bonchev–Trinajstić information content (AvgIpc) is 2.94. The van der Waals surface area contributed by atoms with E-state index >= 15 is 0 Å². The first-order valence-corrected chi connectivity index (χ1v) is 7.63. The number of rotatable bonds is 3. The van der Waals surface area contributed by atoms with Gasteiger partial charge in [0.25, 0.3) is 0 Å². The fraction of sp³-hybridized carbons (Fsp3) is 0.600. The van der Waals surface area contributed by atoms with Gasteiger partial charge in [0.2, 0.25) is 0 Å². The van der Waals surface area contributed by atoms with Crippen LogP contribution in [0.25, 0.3) is 0 Å². The zero-order valence-corrected chi connectivity index (χ0v) is 12.8. The molecule has 1 aromatic heterocycles. The molecular formula is C15H23N3S. The molecule has 0 aromatic carbocycles. The summed E-state index contributed by atoms with van der Waals surface area (Å²) in [7, 11) is 4.35. The molecule has 0 amide bonds. The third kappa shape index (κ3) is 3.80. The molecule has 0 saturated carbocycles. The molecule has 2 heterocycles. The normalized spacial score (nSPS) is 23.6. The van der Waals surface area contributed by atoms with Gasteiger partial charge >= 0.3 is 0 Å². The van der Waals surface area contributed by atoms with Crippen LogP contribution in [0.15, 0.2) is 11.4 Å². The Morgan fingerprint density at radius 1 is 1.47 bits per heavy atom. The molecule has 0 bridgehead atoms. The van der Waals surface area contributed by atoms with Gasteiger partial charge in [-0.25, -0.2) is 0 Å². The van der Waals surface area contributed by atoms with Gasteiger partial charge in [0, 0.05) is 41.5 Å². The first-order chi connectivity index (χ1) is 9.10. The Morgan fingerprint density at radius 3 is 2.89 bits per heavy atom. The summed E-state index contributed by atoms with van der Waals surface area (Å²) in [6.45, 7) is 6.17. The molecule has 0 spiro atoms. The fourth-order valence-corrected chi connectivity index (χ4v) is 3.61. The topological polar surface area (TPSA) is 32.5 Å². The van der Waals surface area contributed by atoms with Crippen LogP contribution >= 0.6 is 11.3 Å². The van der Waals surface area contributed by atoms with Crippen molar-refractivity contribution in [2.75, 3.05) is 33.7 Å². The van der Waals surface area contributed by atoms with E-state index in [0.717, 1.165) is 24.6 Å². The summed E-state index contributed by atoms with van der Waals surface area (Å²) in [6, 6.07) is 2.87. The van der Waals surface area contributed by atoms with Crippen molar-refractivity contribution in [1.82, 2.24) is 9.80 Å². The van der Waals surface area contributed by atoms with E-state index in [9.17, 15) is 0 Å². The van der Waals surface area contributed by atoms with Crippen molar-refractivity contribution in [3.63, 3.8) is 0 Å².